The Bertz CT molecular complexity index is 1280. The molecule has 1 fully saturated rings. The first-order valence-electron chi connectivity index (χ1n) is 13.1. The van der Waals surface area contributed by atoms with Gasteiger partial charge in [0.05, 0.1) is 17.6 Å². The van der Waals surface area contributed by atoms with Crippen LogP contribution in [0, 0.1) is 17.6 Å². The van der Waals surface area contributed by atoms with Crippen molar-refractivity contribution < 1.29 is 28.0 Å². The molecular formula is C29H34F2N4O4. The van der Waals surface area contributed by atoms with Crippen LogP contribution in [0.1, 0.15) is 36.3 Å². The highest BCUT2D eigenvalue weighted by Crippen LogP contribution is 2.26. The van der Waals surface area contributed by atoms with Gasteiger partial charge in [0.1, 0.15) is 11.6 Å². The van der Waals surface area contributed by atoms with E-state index in [2.05, 4.69) is 15.4 Å². The Kier molecular flexibility index (Phi) is 9.08. The van der Waals surface area contributed by atoms with Crippen LogP contribution in [0.4, 0.5) is 8.78 Å². The molecule has 2 amide bonds. The van der Waals surface area contributed by atoms with Crippen molar-refractivity contribution in [2.45, 2.75) is 44.9 Å². The maximum Gasteiger partial charge on any atom is 0.273 e. The number of rotatable bonds is 9. The lowest BCUT2D eigenvalue weighted by molar-refractivity contribution is -0.137. The maximum absolute atomic E-state index is 14.2. The number of carbonyl (C=O) groups is 2. The number of amides is 2. The maximum atomic E-state index is 14.2. The summed E-state index contributed by atoms with van der Waals surface area (Å²) in [6.45, 7) is 5.10. The number of aromatic nitrogens is 1. The van der Waals surface area contributed by atoms with Crippen molar-refractivity contribution in [3.8, 4) is 11.3 Å². The van der Waals surface area contributed by atoms with Gasteiger partial charge in [-0.2, -0.15) is 0 Å². The minimum Gasteiger partial charge on any atom is -0.392 e. The Morgan fingerprint density at radius 1 is 1.18 bits per heavy atom. The van der Waals surface area contributed by atoms with E-state index in [9.17, 15) is 23.5 Å². The van der Waals surface area contributed by atoms with Crippen LogP contribution in [-0.4, -0.2) is 76.7 Å². The number of nitrogens with zero attached hydrogens (tertiary/aromatic N) is 3. The van der Waals surface area contributed by atoms with Crippen LogP contribution in [0.25, 0.3) is 11.3 Å². The van der Waals surface area contributed by atoms with E-state index in [0.717, 1.165) is 17.7 Å². The van der Waals surface area contributed by atoms with Gasteiger partial charge in [0.25, 0.3) is 5.91 Å². The molecule has 2 heterocycles. The Hall–Kier alpha value is -3.63. The number of likely N-dealkylation sites (N-methyl/N-ethyl adjacent to an activating group) is 1. The minimum atomic E-state index is -0.832. The lowest BCUT2D eigenvalue weighted by Gasteiger charge is -2.42. The molecule has 0 bridgehead atoms. The van der Waals surface area contributed by atoms with Crippen LogP contribution < -0.4 is 5.32 Å². The second-order valence-electron chi connectivity index (χ2n) is 10.1. The summed E-state index contributed by atoms with van der Waals surface area (Å²) in [4.78, 5) is 30.5. The van der Waals surface area contributed by atoms with Crippen molar-refractivity contribution in [3.63, 3.8) is 0 Å². The largest absolute Gasteiger partial charge is 0.392 e. The predicted octanol–water partition coefficient (Wildman–Crippen LogP) is 3.51. The molecule has 2 N–H and O–H groups in total. The second-order valence-corrected chi connectivity index (χ2v) is 10.1. The molecule has 4 rings (SSSR count). The Morgan fingerprint density at radius 2 is 1.92 bits per heavy atom. The van der Waals surface area contributed by atoms with Crippen molar-refractivity contribution in [1.29, 1.82) is 0 Å². The number of aliphatic hydroxyl groups excluding tert-OH is 1. The highest BCUT2D eigenvalue weighted by atomic mass is 19.1. The molecule has 1 aliphatic rings. The van der Waals surface area contributed by atoms with Crippen molar-refractivity contribution in [2.75, 3.05) is 26.7 Å². The number of benzene rings is 2. The number of likely N-dealkylation sites (tertiary alicyclic amines) is 1. The van der Waals surface area contributed by atoms with Gasteiger partial charge in [0.15, 0.2) is 11.5 Å². The summed E-state index contributed by atoms with van der Waals surface area (Å²) in [7, 11) is 1.75. The van der Waals surface area contributed by atoms with Gasteiger partial charge in [0, 0.05) is 50.9 Å². The quantitative estimate of drug-likeness (QED) is 0.431. The Morgan fingerprint density at radius 3 is 2.62 bits per heavy atom. The van der Waals surface area contributed by atoms with Gasteiger partial charge in [-0.25, -0.2) is 8.78 Å². The van der Waals surface area contributed by atoms with E-state index in [-0.39, 0.29) is 29.0 Å². The molecule has 0 saturated carbocycles. The highest BCUT2D eigenvalue weighted by molar-refractivity contribution is 5.94. The van der Waals surface area contributed by atoms with Crippen molar-refractivity contribution in [3.05, 3.63) is 77.5 Å². The van der Waals surface area contributed by atoms with E-state index in [0.29, 0.717) is 32.5 Å². The summed E-state index contributed by atoms with van der Waals surface area (Å²) in [6.07, 6.45) is 0.605. The van der Waals surface area contributed by atoms with Crippen LogP contribution in [-0.2, 0) is 11.2 Å². The van der Waals surface area contributed by atoms with Gasteiger partial charge in [-0.1, -0.05) is 35.5 Å². The molecule has 10 heteroatoms. The van der Waals surface area contributed by atoms with Crippen molar-refractivity contribution in [2.24, 2.45) is 5.92 Å². The van der Waals surface area contributed by atoms with Crippen LogP contribution in [0.2, 0.25) is 0 Å². The fraction of sp³-hybridized carbons (Fsp3) is 0.414. The average molecular weight is 541 g/mol. The van der Waals surface area contributed by atoms with Gasteiger partial charge >= 0.3 is 0 Å². The van der Waals surface area contributed by atoms with Gasteiger partial charge < -0.3 is 19.8 Å². The topological polar surface area (TPSA) is 98.9 Å². The van der Waals surface area contributed by atoms with E-state index in [1.807, 2.05) is 37.3 Å². The van der Waals surface area contributed by atoms with Gasteiger partial charge in [-0.05, 0) is 44.4 Å². The zero-order chi connectivity index (χ0) is 28.1. The molecule has 1 saturated heterocycles. The van der Waals surface area contributed by atoms with Crippen molar-refractivity contribution in [1.82, 2.24) is 20.3 Å². The molecule has 0 aliphatic carbocycles. The summed E-state index contributed by atoms with van der Waals surface area (Å²) >= 11 is 0. The standard InChI is InChI=1S/C29H34F2N4O4/c1-18(19(2)36)35-14-12-25(23(17-35)29(38)34(3)13-11-20-7-5-4-6-8-20)32-28(37)26-16-27(39-33-26)22-10-9-21(30)15-24(22)31/h4-10,15-16,18-19,23,25,36H,11-14,17H2,1-3H3,(H,32,37)/t18?,19?,23-,25-/m1/s1. The first-order valence-corrected chi connectivity index (χ1v) is 13.1. The fourth-order valence-corrected chi connectivity index (χ4v) is 4.85. The summed E-state index contributed by atoms with van der Waals surface area (Å²) < 4.78 is 32.6. The van der Waals surface area contributed by atoms with Gasteiger partial charge in [-0.15, -0.1) is 0 Å². The molecule has 1 aliphatic heterocycles. The van der Waals surface area contributed by atoms with E-state index in [1.165, 1.54) is 12.1 Å². The fourth-order valence-electron chi connectivity index (χ4n) is 4.85. The molecule has 0 spiro atoms. The first-order chi connectivity index (χ1) is 18.6. The lowest BCUT2D eigenvalue weighted by atomic mass is 9.89. The zero-order valence-electron chi connectivity index (χ0n) is 22.3. The van der Waals surface area contributed by atoms with Crippen LogP contribution in [0.3, 0.4) is 0 Å². The second kappa shape index (κ2) is 12.5. The highest BCUT2D eigenvalue weighted by Gasteiger charge is 2.39. The zero-order valence-corrected chi connectivity index (χ0v) is 22.3. The van der Waals surface area contributed by atoms with Gasteiger partial charge in [-0.3, -0.25) is 14.5 Å². The molecule has 4 atom stereocenters. The van der Waals surface area contributed by atoms with Crippen molar-refractivity contribution >= 4 is 11.8 Å². The Balaban J connectivity index is 1.48. The van der Waals surface area contributed by atoms with Crippen LogP contribution in [0.15, 0.2) is 59.1 Å². The summed E-state index contributed by atoms with van der Waals surface area (Å²) in [5.41, 5.74) is 1.03. The van der Waals surface area contributed by atoms with E-state index in [4.69, 9.17) is 4.52 Å². The summed E-state index contributed by atoms with van der Waals surface area (Å²) in [5, 5.41) is 16.8. The average Bonchev–Trinajstić information content (AvgIpc) is 3.42. The minimum absolute atomic E-state index is 0.00787. The number of halogens is 2. The molecule has 2 aromatic carbocycles. The normalized spacial score (nSPS) is 19.3. The number of aliphatic hydroxyl groups is 1. The van der Waals surface area contributed by atoms with Gasteiger partial charge in [0.2, 0.25) is 5.91 Å². The molecule has 0 radical (unpaired) electrons. The third-order valence-corrected chi connectivity index (χ3v) is 7.45. The Labute approximate surface area is 226 Å². The third kappa shape index (κ3) is 6.88. The molecular weight excluding hydrogens is 506 g/mol. The third-order valence-electron chi connectivity index (χ3n) is 7.45. The summed E-state index contributed by atoms with van der Waals surface area (Å²) in [6, 6.07) is 13.6. The first kappa shape index (κ1) is 28.4. The smallest absolute Gasteiger partial charge is 0.273 e. The van der Waals surface area contributed by atoms with Crippen LogP contribution >= 0.6 is 0 Å². The van der Waals surface area contributed by atoms with E-state index >= 15 is 0 Å². The molecule has 8 nitrogen and oxygen atoms in total. The van der Waals surface area contributed by atoms with E-state index < -0.39 is 35.6 Å². The van der Waals surface area contributed by atoms with Crippen LogP contribution in [0.5, 0.6) is 0 Å². The number of nitrogens with one attached hydrogen (secondary N) is 1. The monoisotopic (exact) mass is 540 g/mol. The number of hydrogen-bond donors (Lipinski definition) is 2. The number of piperidine rings is 1. The molecule has 208 valence electrons. The predicted molar refractivity (Wildman–Crippen MR) is 142 cm³/mol. The number of hydrogen-bond acceptors (Lipinski definition) is 6. The molecule has 39 heavy (non-hydrogen) atoms. The molecule has 2 unspecified atom stereocenters. The molecule has 1 aromatic heterocycles. The molecule has 3 aromatic rings. The summed E-state index contributed by atoms with van der Waals surface area (Å²) in [5.74, 6) is -2.78. The lowest BCUT2D eigenvalue weighted by Crippen LogP contribution is -2.58. The van der Waals surface area contributed by atoms with E-state index in [1.54, 1.807) is 18.9 Å². The number of carbonyl (C=O) groups excluding carboxylic acids is 2. The SMILES string of the molecule is CC(O)C(C)N1CC[C@@H](NC(=O)c2cc(-c3ccc(F)cc3F)on2)[C@H](C(=O)N(C)CCc2ccccc2)C1.